The van der Waals surface area contributed by atoms with Crippen molar-refractivity contribution in [2.24, 2.45) is 0 Å². The minimum Gasteiger partial charge on any atom is -0.508 e. The van der Waals surface area contributed by atoms with Gasteiger partial charge in [0.25, 0.3) is 0 Å². The second-order valence-electron chi connectivity index (χ2n) is 7.94. The Labute approximate surface area is 191 Å². The molecule has 0 aromatic heterocycles. The molecule has 1 atom stereocenters. The molecule has 32 heavy (non-hydrogen) atoms. The van der Waals surface area contributed by atoms with E-state index in [1.807, 2.05) is 38.2 Å². The summed E-state index contributed by atoms with van der Waals surface area (Å²) in [5, 5.41) is 22.4. The normalized spacial score (nSPS) is 12.9. The Bertz CT molecular complexity index is 1010. The zero-order chi connectivity index (χ0) is 22.9. The standard InChI is InChI=1S/C28H33NO3/c1-4-27(22-7-5-21(6-8-22)20(2)19-30)28(23-9-13-25(31)14-10-23)24-11-15-26(16-12-24)32-18-17-29-3/h5-16,20,29-31H,4,17-19H2,1-3H3/b28-27+. The third-order valence-electron chi connectivity index (χ3n) is 5.68. The van der Waals surface area contributed by atoms with Crippen LogP contribution in [0.4, 0.5) is 0 Å². The molecule has 4 nitrogen and oxygen atoms in total. The first-order chi connectivity index (χ1) is 15.6. The number of allylic oxidation sites excluding steroid dienone is 1. The lowest BCUT2D eigenvalue weighted by Gasteiger charge is -2.18. The Morgan fingerprint density at radius 3 is 1.97 bits per heavy atom. The molecule has 0 bridgehead atoms. The minimum absolute atomic E-state index is 0.116. The number of aromatic hydroxyl groups is 1. The van der Waals surface area contributed by atoms with Crippen LogP contribution in [0.2, 0.25) is 0 Å². The Morgan fingerprint density at radius 2 is 1.44 bits per heavy atom. The maximum atomic E-state index is 9.81. The molecule has 0 aliphatic rings. The molecule has 3 rings (SSSR count). The van der Waals surface area contributed by atoms with Crippen LogP contribution in [0, 0.1) is 0 Å². The number of hydrogen-bond donors (Lipinski definition) is 3. The van der Waals surface area contributed by atoms with Gasteiger partial charge in [0, 0.05) is 19.1 Å². The molecule has 3 N–H and O–H groups in total. The molecule has 3 aromatic rings. The van der Waals surface area contributed by atoms with E-state index in [0.29, 0.717) is 6.61 Å². The van der Waals surface area contributed by atoms with Crippen LogP contribution in [0.15, 0.2) is 72.8 Å². The second-order valence-corrected chi connectivity index (χ2v) is 7.94. The highest BCUT2D eigenvalue weighted by Gasteiger charge is 2.14. The van der Waals surface area contributed by atoms with Gasteiger partial charge in [0.1, 0.15) is 18.1 Å². The van der Waals surface area contributed by atoms with Crippen LogP contribution in [-0.4, -0.2) is 37.0 Å². The van der Waals surface area contributed by atoms with E-state index in [1.165, 1.54) is 5.57 Å². The molecule has 0 radical (unpaired) electrons. The average molecular weight is 432 g/mol. The SMILES string of the molecule is CC/C(=C(/c1ccc(O)cc1)c1ccc(OCCNC)cc1)c1ccc(C(C)CO)cc1. The molecule has 0 amide bonds. The van der Waals surface area contributed by atoms with Gasteiger partial charge < -0.3 is 20.3 Å². The second kappa shape index (κ2) is 11.5. The fraction of sp³-hybridized carbons (Fsp3) is 0.286. The summed E-state index contributed by atoms with van der Waals surface area (Å²) in [4.78, 5) is 0. The summed E-state index contributed by atoms with van der Waals surface area (Å²) < 4.78 is 5.79. The van der Waals surface area contributed by atoms with Gasteiger partial charge in [0.2, 0.25) is 0 Å². The van der Waals surface area contributed by atoms with Gasteiger partial charge in [-0.2, -0.15) is 0 Å². The van der Waals surface area contributed by atoms with E-state index < -0.39 is 0 Å². The maximum absolute atomic E-state index is 9.81. The van der Waals surface area contributed by atoms with Gasteiger partial charge in [-0.15, -0.1) is 0 Å². The molecular weight excluding hydrogens is 398 g/mol. The van der Waals surface area contributed by atoms with Crippen molar-refractivity contribution in [3.63, 3.8) is 0 Å². The highest BCUT2D eigenvalue weighted by atomic mass is 16.5. The van der Waals surface area contributed by atoms with Gasteiger partial charge in [0.15, 0.2) is 0 Å². The Balaban J connectivity index is 2.06. The highest BCUT2D eigenvalue weighted by molar-refractivity contribution is 5.98. The highest BCUT2D eigenvalue weighted by Crippen LogP contribution is 2.36. The smallest absolute Gasteiger partial charge is 0.119 e. The largest absolute Gasteiger partial charge is 0.508 e. The number of phenolic OH excluding ortho intramolecular Hbond substituents is 1. The monoisotopic (exact) mass is 431 g/mol. The molecule has 0 fully saturated rings. The van der Waals surface area contributed by atoms with Crippen LogP contribution < -0.4 is 10.1 Å². The van der Waals surface area contributed by atoms with Crippen LogP contribution in [-0.2, 0) is 0 Å². The molecule has 0 saturated carbocycles. The number of aliphatic hydroxyl groups excluding tert-OH is 1. The van der Waals surface area contributed by atoms with Crippen LogP contribution in [0.3, 0.4) is 0 Å². The molecule has 0 heterocycles. The van der Waals surface area contributed by atoms with Gasteiger partial charge >= 0.3 is 0 Å². The van der Waals surface area contributed by atoms with Crippen LogP contribution in [0.5, 0.6) is 11.5 Å². The number of ether oxygens (including phenoxy) is 1. The van der Waals surface area contributed by atoms with Gasteiger partial charge in [-0.05, 0) is 71.1 Å². The van der Waals surface area contributed by atoms with Crippen molar-refractivity contribution in [1.82, 2.24) is 5.32 Å². The molecular formula is C28H33NO3. The fourth-order valence-corrected chi connectivity index (χ4v) is 3.78. The molecule has 3 aromatic carbocycles. The topological polar surface area (TPSA) is 61.7 Å². The van der Waals surface area contributed by atoms with E-state index in [2.05, 4.69) is 48.6 Å². The molecule has 0 saturated heterocycles. The first-order valence-electron chi connectivity index (χ1n) is 11.2. The number of phenols is 1. The Kier molecular flexibility index (Phi) is 8.48. The van der Waals surface area contributed by atoms with Crippen LogP contribution >= 0.6 is 0 Å². The average Bonchev–Trinajstić information content (AvgIpc) is 2.84. The van der Waals surface area contributed by atoms with Crippen molar-refractivity contribution in [2.45, 2.75) is 26.2 Å². The van der Waals surface area contributed by atoms with E-state index in [9.17, 15) is 10.2 Å². The van der Waals surface area contributed by atoms with Crippen molar-refractivity contribution in [2.75, 3.05) is 26.8 Å². The number of likely N-dealkylation sites (N-methyl/N-ethyl adjacent to an activating group) is 1. The predicted octanol–water partition coefficient (Wildman–Crippen LogP) is 5.46. The molecule has 0 spiro atoms. The summed E-state index contributed by atoms with van der Waals surface area (Å²) in [5.41, 5.74) is 6.79. The summed E-state index contributed by atoms with van der Waals surface area (Å²) in [7, 11) is 1.91. The fourth-order valence-electron chi connectivity index (χ4n) is 3.78. The van der Waals surface area contributed by atoms with Crippen LogP contribution in [0.1, 0.15) is 48.4 Å². The van der Waals surface area contributed by atoms with E-state index in [0.717, 1.165) is 46.5 Å². The number of nitrogens with one attached hydrogen (secondary N) is 1. The molecule has 0 aliphatic heterocycles. The Hall–Kier alpha value is -3.08. The van der Waals surface area contributed by atoms with E-state index in [4.69, 9.17) is 4.74 Å². The number of rotatable bonds is 10. The lowest BCUT2D eigenvalue weighted by Crippen LogP contribution is -2.15. The van der Waals surface area contributed by atoms with Crippen molar-refractivity contribution < 1.29 is 14.9 Å². The zero-order valence-corrected chi connectivity index (χ0v) is 19.1. The predicted molar refractivity (Wildman–Crippen MR) is 132 cm³/mol. The van der Waals surface area contributed by atoms with Crippen molar-refractivity contribution in [1.29, 1.82) is 0 Å². The van der Waals surface area contributed by atoms with E-state index >= 15 is 0 Å². The van der Waals surface area contributed by atoms with E-state index in [-0.39, 0.29) is 18.3 Å². The van der Waals surface area contributed by atoms with Crippen LogP contribution in [0.25, 0.3) is 11.1 Å². The summed E-state index contributed by atoms with van der Waals surface area (Å²) in [6, 6.07) is 24.0. The first-order valence-corrected chi connectivity index (χ1v) is 11.2. The van der Waals surface area contributed by atoms with Gasteiger partial charge in [-0.25, -0.2) is 0 Å². The maximum Gasteiger partial charge on any atom is 0.119 e. The Morgan fingerprint density at radius 1 is 0.875 bits per heavy atom. The van der Waals surface area contributed by atoms with Crippen molar-refractivity contribution >= 4 is 11.1 Å². The lowest BCUT2D eigenvalue weighted by molar-refractivity contribution is 0.273. The number of hydrogen-bond acceptors (Lipinski definition) is 4. The third kappa shape index (κ3) is 5.78. The summed E-state index contributed by atoms with van der Waals surface area (Å²) >= 11 is 0. The van der Waals surface area contributed by atoms with Crippen molar-refractivity contribution in [3.8, 4) is 11.5 Å². The summed E-state index contributed by atoms with van der Waals surface area (Å²) in [5.74, 6) is 1.21. The summed E-state index contributed by atoms with van der Waals surface area (Å²) in [6.07, 6.45) is 0.853. The van der Waals surface area contributed by atoms with E-state index in [1.54, 1.807) is 12.1 Å². The molecule has 1 unspecified atom stereocenters. The molecule has 0 aliphatic carbocycles. The van der Waals surface area contributed by atoms with Gasteiger partial charge in [-0.1, -0.05) is 62.4 Å². The molecule has 4 heteroatoms. The quantitative estimate of drug-likeness (QED) is 0.295. The summed E-state index contributed by atoms with van der Waals surface area (Å²) in [6.45, 7) is 5.74. The van der Waals surface area contributed by atoms with Gasteiger partial charge in [0.05, 0.1) is 0 Å². The minimum atomic E-state index is 0.116. The van der Waals surface area contributed by atoms with Crippen molar-refractivity contribution in [3.05, 3.63) is 95.1 Å². The lowest BCUT2D eigenvalue weighted by atomic mass is 9.87. The van der Waals surface area contributed by atoms with Gasteiger partial charge in [-0.3, -0.25) is 0 Å². The molecule has 168 valence electrons. The number of benzene rings is 3. The zero-order valence-electron chi connectivity index (χ0n) is 19.1. The first kappa shape index (κ1) is 23.6. The number of aliphatic hydroxyl groups is 1. The third-order valence-corrected chi connectivity index (χ3v) is 5.68.